The van der Waals surface area contributed by atoms with Gasteiger partial charge < -0.3 is 15.3 Å². The molecule has 1 fully saturated rings. The number of hydrogen-bond acceptors (Lipinski definition) is 4. The highest BCUT2D eigenvalue weighted by atomic mass is 16.4. The number of hydrogen-bond donors (Lipinski definition) is 2. The van der Waals surface area contributed by atoms with Crippen molar-refractivity contribution >= 4 is 17.8 Å². The molecule has 7 nitrogen and oxygen atoms in total. The van der Waals surface area contributed by atoms with Crippen molar-refractivity contribution < 1.29 is 19.5 Å². The van der Waals surface area contributed by atoms with Crippen molar-refractivity contribution in [1.29, 1.82) is 0 Å². The lowest BCUT2D eigenvalue weighted by atomic mass is 9.91. The molecule has 0 unspecified atom stereocenters. The average molecular weight is 438 g/mol. The van der Waals surface area contributed by atoms with Gasteiger partial charge in [-0.1, -0.05) is 40.7 Å². The predicted octanol–water partition coefficient (Wildman–Crippen LogP) is 3.15. The highest BCUT2D eigenvalue weighted by Gasteiger charge is 2.37. The summed E-state index contributed by atoms with van der Waals surface area (Å²) in [6, 6.07) is -1.01. The number of carboxylic acids is 1. The topological polar surface area (TPSA) is 90.0 Å². The Morgan fingerprint density at radius 1 is 1.06 bits per heavy atom. The largest absolute Gasteiger partial charge is 0.478 e. The number of likely N-dealkylation sites (N-methyl/N-ethyl adjacent to an activating group) is 1. The molecule has 1 rings (SSSR count). The van der Waals surface area contributed by atoms with Crippen LogP contribution in [0.4, 0.5) is 0 Å². The van der Waals surface area contributed by atoms with Gasteiger partial charge in [0.15, 0.2) is 0 Å². The third-order valence-corrected chi connectivity index (χ3v) is 6.29. The summed E-state index contributed by atoms with van der Waals surface area (Å²) < 4.78 is 0. The van der Waals surface area contributed by atoms with Crippen LogP contribution in [-0.4, -0.2) is 70.4 Å². The first-order chi connectivity index (χ1) is 14.3. The molecule has 7 heteroatoms. The van der Waals surface area contributed by atoms with Crippen LogP contribution < -0.4 is 5.32 Å². The Hall–Kier alpha value is -1.89. The van der Waals surface area contributed by atoms with Crippen LogP contribution in [-0.2, 0) is 14.4 Å². The van der Waals surface area contributed by atoms with Gasteiger partial charge in [0, 0.05) is 25.2 Å². The summed E-state index contributed by atoms with van der Waals surface area (Å²) in [6.45, 7) is 16.6. The zero-order chi connectivity index (χ0) is 24.0. The van der Waals surface area contributed by atoms with Crippen LogP contribution in [0.3, 0.4) is 0 Å². The first-order valence-electron chi connectivity index (χ1n) is 11.5. The first-order valence-corrected chi connectivity index (χ1v) is 11.5. The Bertz CT molecular complexity index is 672. The Balaban J connectivity index is 3.06. The molecule has 178 valence electrons. The Labute approximate surface area is 188 Å². The molecule has 0 aliphatic carbocycles. The van der Waals surface area contributed by atoms with Gasteiger partial charge in [0.05, 0.1) is 12.1 Å². The van der Waals surface area contributed by atoms with Crippen molar-refractivity contribution in [1.82, 2.24) is 15.1 Å². The van der Waals surface area contributed by atoms with Crippen molar-refractivity contribution in [2.45, 2.75) is 92.4 Å². The molecular formula is C24H43N3O4. The van der Waals surface area contributed by atoms with Crippen molar-refractivity contribution in [2.24, 2.45) is 17.8 Å². The number of nitrogens with one attached hydrogen (secondary N) is 1. The van der Waals surface area contributed by atoms with E-state index in [4.69, 9.17) is 0 Å². The van der Waals surface area contributed by atoms with E-state index >= 15 is 0 Å². The Kier molecular flexibility index (Phi) is 10.2. The van der Waals surface area contributed by atoms with E-state index in [2.05, 4.69) is 31.0 Å². The van der Waals surface area contributed by atoms with Gasteiger partial charge in [-0.25, -0.2) is 4.79 Å². The molecule has 1 heterocycles. The number of amides is 2. The molecule has 0 aromatic heterocycles. The summed E-state index contributed by atoms with van der Waals surface area (Å²) in [4.78, 5) is 41.7. The fraction of sp³-hybridized carbons (Fsp3) is 0.792. The Morgan fingerprint density at radius 2 is 1.65 bits per heavy atom. The van der Waals surface area contributed by atoms with Gasteiger partial charge in [0.1, 0.15) is 6.04 Å². The summed E-state index contributed by atoms with van der Waals surface area (Å²) >= 11 is 0. The lowest BCUT2D eigenvalue weighted by Gasteiger charge is -2.41. The van der Waals surface area contributed by atoms with E-state index in [0.29, 0.717) is 5.92 Å². The average Bonchev–Trinajstić information content (AvgIpc) is 2.67. The van der Waals surface area contributed by atoms with E-state index in [1.54, 1.807) is 18.0 Å². The highest BCUT2D eigenvalue weighted by Crippen LogP contribution is 2.24. The molecule has 0 radical (unpaired) electrons. The van der Waals surface area contributed by atoms with Gasteiger partial charge in [-0.3, -0.25) is 14.5 Å². The molecular weight excluding hydrogens is 394 g/mol. The fourth-order valence-corrected chi connectivity index (χ4v) is 4.25. The summed E-state index contributed by atoms with van der Waals surface area (Å²) in [5, 5.41) is 12.3. The SMILES string of the molecule is CC(=C[C@H](C(C)C)N(C)C(=O)[C@@H](NC(=O)[C@@H]1CC[C@H](C)CN1C(C)C)C(C)C)C(=O)O. The highest BCUT2D eigenvalue weighted by molar-refractivity contribution is 5.90. The quantitative estimate of drug-likeness (QED) is 0.541. The van der Waals surface area contributed by atoms with Crippen LogP contribution in [0.25, 0.3) is 0 Å². The zero-order valence-electron chi connectivity index (χ0n) is 20.8. The number of carboxylic acid groups (broad SMARTS) is 1. The van der Waals surface area contributed by atoms with Gasteiger partial charge in [0.2, 0.25) is 11.8 Å². The minimum atomic E-state index is -1.000. The number of nitrogens with zero attached hydrogens (tertiary/aromatic N) is 2. The monoisotopic (exact) mass is 437 g/mol. The summed E-state index contributed by atoms with van der Waals surface area (Å²) in [7, 11) is 1.68. The summed E-state index contributed by atoms with van der Waals surface area (Å²) in [5.41, 5.74) is 0.201. The fourth-order valence-electron chi connectivity index (χ4n) is 4.25. The first kappa shape index (κ1) is 27.1. The normalized spacial score (nSPS) is 22.5. The maximum Gasteiger partial charge on any atom is 0.331 e. The van der Waals surface area contributed by atoms with E-state index in [1.165, 1.54) is 6.92 Å². The van der Waals surface area contributed by atoms with E-state index in [9.17, 15) is 19.5 Å². The number of carbonyl (C=O) groups is 3. The van der Waals surface area contributed by atoms with Gasteiger partial charge >= 0.3 is 5.97 Å². The third-order valence-electron chi connectivity index (χ3n) is 6.29. The van der Waals surface area contributed by atoms with Crippen LogP contribution in [0, 0.1) is 17.8 Å². The smallest absolute Gasteiger partial charge is 0.331 e. The van der Waals surface area contributed by atoms with E-state index in [0.717, 1.165) is 19.4 Å². The van der Waals surface area contributed by atoms with E-state index < -0.39 is 12.0 Å². The molecule has 0 aromatic carbocycles. The molecule has 0 bridgehead atoms. The molecule has 31 heavy (non-hydrogen) atoms. The van der Waals surface area contributed by atoms with Crippen molar-refractivity contribution in [3.8, 4) is 0 Å². The summed E-state index contributed by atoms with van der Waals surface area (Å²) in [6.07, 6.45) is 3.40. The third kappa shape index (κ3) is 7.34. The van der Waals surface area contributed by atoms with Crippen molar-refractivity contribution in [2.75, 3.05) is 13.6 Å². The van der Waals surface area contributed by atoms with Gasteiger partial charge in [-0.15, -0.1) is 0 Å². The van der Waals surface area contributed by atoms with Gasteiger partial charge in [0.25, 0.3) is 0 Å². The number of piperidine rings is 1. The molecule has 1 saturated heterocycles. The number of carbonyl (C=O) groups excluding carboxylic acids is 2. The van der Waals surface area contributed by atoms with E-state index in [1.807, 2.05) is 27.7 Å². The second-order valence-electron chi connectivity index (χ2n) is 10.1. The lowest BCUT2D eigenvalue weighted by Crippen LogP contribution is -2.59. The molecule has 0 aromatic rings. The molecule has 2 N–H and O–H groups in total. The number of aliphatic carboxylic acids is 1. The van der Waals surface area contributed by atoms with E-state index in [-0.39, 0.29) is 47.3 Å². The Morgan fingerprint density at radius 3 is 2.10 bits per heavy atom. The molecule has 1 aliphatic heterocycles. The zero-order valence-corrected chi connectivity index (χ0v) is 20.8. The van der Waals surface area contributed by atoms with Crippen LogP contribution in [0.15, 0.2) is 11.6 Å². The van der Waals surface area contributed by atoms with Gasteiger partial charge in [-0.2, -0.15) is 0 Å². The minimum absolute atomic E-state index is 0.0306. The minimum Gasteiger partial charge on any atom is -0.478 e. The maximum absolute atomic E-state index is 13.4. The lowest BCUT2D eigenvalue weighted by molar-refractivity contribution is -0.140. The second-order valence-corrected chi connectivity index (χ2v) is 10.1. The number of rotatable bonds is 9. The summed E-state index contributed by atoms with van der Waals surface area (Å²) in [5.74, 6) is -0.804. The molecule has 0 spiro atoms. The second kappa shape index (κ2) is 11.7. The van der Waals surface area contributed by atoms with Gasteiger partial charge in [-0.05, 0) is 51.4 Å². The molecule has 0 saturated carbocycles. The predicted molar refractivity (Wildman–Crippen MR) is 124 cm³/mol. The molecule has 4 atom stereocenters. The van der Waals surface area contributed by atoms with Crippen LogP contribution in [0.5, 0.6) is 0 Å². The molecule has 1 aliphatic rings. The van der Waals surface area contributed by atoms with Crippen LogP contribution >= 0.6 is 0 Å². The van der Waals surface area contributed by atoms with Crippen LogP contribution in [0.1, 0.15) is 68.2 Å². The maximum atomic E-state index is 13.4. The molecule has 2 amide bonds. The number of likely N-dealkylation sites (tertiary alicyclic amines) is 1. The van der Waals surface area contributed by atoms with Crippen LogP contribution in [0.2, 0.25) is 0 Å². The van der Waals surface area contributed by atoms with Crippen molar-refractivity contribution in [3.05, 3.63) is 11.6 Å². The standard InChI is InChI=1S/C24H43N3O4/c1-14(2)20(12-18(8)24(30)31)26(9)23(29)21(15(3)4)25-22(28)19-11-10-17(7)13-27(19)16(5)6/h12,14-17,19-21H,10-11,13H2,1-9H3,(H,25,28)(H,30,31)/t17-,19-,20+,21-/m0/s1. The van der Waals surface area contributed by atoms with Crippen molar-refractivity contribution in [3.63, 3.8) is 0 Å².